The number of alkyl halides is 3. The highest BCUT2D eigenvalue weighted by Crippen LogP contribution is 2.28. The van der Waals surface area contributed by atoms with Crippen molar-refractivity contribution < 1.29 is 18.3 Å². The number of aliphatic hydroxyl groups excluding tert-OH is 1. The molecule has 2 unspecified atom stereocenters. The molecule has 1 heterocycles. The summed E-state index contributed by atoms with van der Waals surface area (Å²) in [5.41, 5.74) is 3.98. The molecule has 1 aromatic rings. The van der Waals surface area contributed by atoms with Crippen LogP contribution in [0.1, 0.15) is 32.0 Å². The molecule has 4 nitrogen and oxygen atoms in total. The van der Waals surface area contributed by atoms with Crippen molar-refractivity contribution in [3.63, 3.8) is 0 Å². The zero-order chi connectivity index (χ0) is 13.3. The highest BCUT2D eigenvalue weighted by molar-refractivity contribution is 5.04. The van der Waals surface area contributed by atoms with E-state index in [4.69, 9.17) is 10.8 Å². The maximum absolute atomic E-state index is 12.3. The third-order valence-corrected chi connectivity index (χ3v) is 2.47. The van der Waals surface area contributed by atoms with Crippen LogP contribution >= 0.6 is 0 Å². The molecular formula is C10H16F3N3O. The highest BCUT2D eigenvalue weighted by atomic mass is 19.4. The van der Waals surface area contributed by atoms with Crippen LogP contribution in [0.2, 0.25) is 0 Å². The van der Waals surface area contributed by atoms with E-state index in [0.29, 0.717) is 6.42 Å². The minimum absolute atomic E-state index is 0.231. The van der Waals surface area contributed by atoms with Crippen molar-refractivity contribution in [3.05, 3.63) is 18.0 Å². The van der Waals surface area contributed by atoms with Crippen LogP contribution in [0.25, 0.3) is 0 Å². The second-order valence-electron chi connectivity index (χ2n) is 4.54. The maximum atomic E-state index is 12.3. The van der Waals surface area contributed by atoms with E-state index >= 15 is 0 Å². The third-order valence-electron chi connectivity index (χ3n) is 2.47. The number of hydrogen-bond acceptors (Lipinski definition) is 3. The molecule has 0 aliphatic heterocycles. The van der Waals surface area contributed by atoms with Crippen molar-refractivity contribution in [2.45, 2.75) is 38.0 Å². The van der Waals surface area contributed by atoms with E-state index in [-0.39, 0.29) is 12.6 Å². The molecule has 0 bridgehead atoms. The van der Waals surface area contributed by atoms with Gasteiger partial charge in [-0.2, -0.15) is 18.3 Å². The molecule has 0 aromatic carbocycles. The lowest BCUT2D eigenvalue weighted by Gasteiger charge is -2.25. The van der Waals surface area contributed by atoms with Gasteiger partial charge in [-0.25, -0.2) is 0 Å². The smallest absolute Gasteiger partial charge is 0.394 e. The number of aromatic nitrogens is 2. The molecule has 17 heavy (non-hydrogen) atoms. The summed E-state index contributed by atoms with van der Waals surface area (Å²) in [6, 6.07) is 0.608. The number of aliphatic hydroxyl groups is 1. The van der Waals surface area contributed by atoms with Crippen LogP contribution in [0.3, 0.4) is 0 Å². The van der Waals surface area contributed by atoms with Gasteiger partial charge in [0.2, 0.25) is 0 Å². The summed E-state index contributed by atoms with van der Waals surface area (Å²) in [5.74, 6) is 0. The molecule has 0 saturated carbocycles. The molecule has 0 amide bonds. The molecule has 1 rings (SSSR count). The zero-order valence-corrected chi connectivity index (χ0v) is 9.70. The molecule has 7 heteroatoms. The Kier molecular flexibility index (Phi) is 3.83. The van der Waals surface area contributed by atoms with E-state index in [2.05, 4.69) is 5.10 Å². The Balaban J connectivity index is 2.77. The average molecular weight is 251 g/mol. The molecule has 2 atom stereocenters. The fourth-order valence-corrected chi connectivity index (χ4v) is 1.57. The number of halogens is 3. The Hall–Kier alpha value is -1.08. The van der Waals surface area contributed by atoms with E-state index in [1.165, 1.54) is 10.9 Å². The lowest BCUT2D eigenvalue weighted by Crippen LogP contribution is -2.42. The van der Waals surface area contributed by atoms with Gasteiger partial charge in [-0.05, 0) is 26.3 Å². The Labute approximate surface area is 97.2 Å². The van der Waals surface area contributed by atoms with Crippen LogP contribution in [-0.2, 0) is 6.18 Å². The molecule has 98 valence electrons. The van der Waals surface area contributed by atoms with Gasteiger partial charge in [0, 0.05) is 11.7 Å². The summed E-state index contributed by atoms with van der Waals surface area (Å²) in [7, 11) is 0. The van der Waals surface area contributed by atoms with E-state index in [0.717, 1.165) is 6.07 Å². The topological polar surface area (TPSA) is 64.1 Å². The standard InChI is InChI=1S/C10H16F3N3O/c1-7(5-9(2,14)6-17)16-4-3-8(15-16)10(11,12)13/h3-4,7,17H,5-6,14H2,1-2H3. The van der Waals surface area contributed by atoms with Gasteiger partial charge in [0.25, 0.3) is 0 Å². The Morgan fingerprint density at radius 1 is 1.53 bits per heavy atom. The lowest BCUT2D eigenvalue weighted by atomic mass is 9.96. The molecular weight excluding hydrogens is 235 g/mol. The van der Waals surface area contributed by atoms with E-state index < -0.39 is 17.4 Å². The van der Waals surface area contributed by atoms with Gasteiger partial charge in [0.15, 0.2) is 5.69 Å². The normalized spacial score (nSPS) is 17.8. The van der Waals surface area contributed by atoms with Crippen molar-refractivity contribution in [2.24, 2.45) is 5.73 Å². The Morgan fingerprint density at radius 3 is 2.53 bits per heavy atom. The van der Waals surface area contributed by atoms with Gasteiger partial charge in [-0.1, -0.05) is 0 Å². The van der Waals surface area contributed by atoms with Gasteiger partial charge in [0.1, 0.15) is 0 Å². The first-order chi connectivity index (χ1) is 7.65. The summed E-state index contributed by atoms with van der Waals surface area (Å²) >= 11 is 0. The lowest BCUT2D eigenvalue weighted by molar-refractivity contribution is -0.141. The van der Waals surface area contributed by atoms with E-state index in [1.807, 2.05) is 0 Å². The third kappa shape index (κ3) is 3.71. The van der Waals surface area contributed by atoms with Crippen LogP contribution in [0.4, 0.5) is 13.2 Å². The van der Waals surface area contributed by atoms with Gasteiger partial charge in [-0.15, -0.1) is 0 Å². The van der Waals surface area contributed by atoms with Crippen LogP contribution < -0.4 is 5.73 Å². The summed E-state index contributed by atoms with van der Waals surface area (Å²) in [4.78, 5) is 0. The van der Waals surface area contributed by atoms with Crippen molar-refractivity contribution in [1.82, 2.24) is 9.78 Å². The number of nitrogens with zero attached hydrogens (tertiary/aromatic N) is 2. The summed E-state index contributed by atoms with van der Waals surface area (Å²) < 4.78 is 38.2. The highest BCUT2D eigenvalue weighted by Gasteiger charge is 2.34. The minimum atomic E-state index is -4.44. The van der Waals surface area contributed by atoms with Crippen molar-refractivity contribution in [2.75, 3.05) is 6.61 Å². The Bertz CT molecular complexity index is 373. The van der Waals surface area contributed by atoms with Crippen LogP contribution in [0.15, 0.2) is 12.3 Å². The maximum Gasteiger partial charge on any atom is 0.435 e. The number of rotatable bonds is 4. The molecule has 3 N–H and O–H groups in total. The molecule has 0 fully saturated rings. The summed E-state index contributed by atoms with van der Waals surface area (Å²) in [5, 5.41) is 12.4. The fourth-order valence-electron chi connectivity index (χ4n) is 1.57. The molecule has 0 spiro atoms. The molecule has 0 saturated heterocycles. The minimum Gasteiger partial charge on any atom is -0.394 e. The first-order valence-electron chi connectivity index (χ1n) is 5.18. The number of nitrogens with two attached hydrogens (primary N) is 1. The number of hydrogen-bond donors (Lipinski definition) is 2. The quantitative estimate of drug-likeness (QED) is 0.853. The van der Waals surface area contributed by atoms with Crippen LogP contribution in [0, 0.1) is 0 Å². The van der Waals surface area contributed by atoms with E-state index in [1.54, 1.807) is 13.8 Å². The molecule has 0 aliphatic carbocycles. The Morgan fingerprint density at radius 2 is 2.12 bits per heavy atom. The first kappa shape index (κ1) is 14.0. The van der Waals surface area contributed by atoms with Crippen LogP contribution in [-0.4, -0.2) is 27.0 Å². The largest absolute Gasteiger partial charge is 0.435 e. The molecule has 0 radical (unpaired) electrons. The predicted molar refractivity (Wildman–Crippen MR) is 56.2 cm³/mol. The summed E-state index contributed by atoms with van der Waals surface area (Å²) in [6.45, 7) is 3.11. The second kappa shape index (κ2) is 4.66. The van der Waals surface area contributed by atoms with Gasteiger partial charge < -0.3 is 10.8 Å². The first-order valence-corrected chi connectivity index (χ1v) is 5.18. The average Bonchev–Trinajstić information content (AvgIpc) is 2.65. The van der Waals surface area contributed by atoms with Crippen LogP contribution in [0.5, 0.6) is 0 Å². The SMILES string of the molecule is CC(CC(C)(N)CO)n1ccc(C(F)(F)F)n1. The van der Waals surface area contributed by atoms with Crippen molar-refractivity contribution >= 4 is 0 Å². The molecule has 0 aliphatic rings. The second-order valence-corrected chi connectivity index (χ2v) is 4.54. The van der Waals surface area contributed by atoms with Gasteiger partial charge in [-0.3, -0.25) is 4.68 Å². The van der Waals surface area contributed by atoms with Gasteiger partial charge >= 0.3 is 6.18 Å². The monoisotopic (exact) mass is 251 g/mol. The fraction of sp³-hybridized carbons (Fsp3) is 0.700. The van der Waals surface area contributed by atoms with Crippen molar-refractivity contribution in [3.8, 4) is 0 Å². The predicted octanol–water partition coefficient (Wildman–Crippen LogP) is 1.56. The molecule has 1 aromatic heterocycles. The van der Waals surface area contributed by atoms with Gasteiger partial charge in [0.05, 0.1) is 12.6 Å². The van der Waals surface area contributed by atoms with Crippen molar-refractivity contribution in [1.29, 1.82) is 0 Å². The summed E-state index contributed by atoms with van der Waals surface area (Å²) in [6.07, 6.45) is -2.84. The van der Waals surface area contributed by atoms with E-state index in [9.17, 15) is 13.2 Å². The zero-order valence-electron chi connectivity index (χ0n) is 9.70.